The fraction of sp³-hybridized carbons (Fsp3) is 0.750. The summed E-state index contributed by atoms with van der Waals surface area (Å²) < 4.78 is 4.65. The Morgan fingerprint density at radius 2 is 2.46 bits per heavy atom. The molecule has 0 aromatic rings. The van der Waals surface area contributed by atoms with Gasteiger partial charge in [-0.15, -0.1) is 0 Å². The second-order valence-corrected chi connectivity index (χ2v) is 3.06. The van der Waals surface area contributed by atoms with Crippen LogP contribution < -0.4 is 5.32 Å². The van der Waals surface area contributed by atoms with Crippen molar-refractivity contribution < 1.29 is 19.4 Å². The first-order valence-electron chi connectivity index (χ1n) is 4.25. The zero-order valence-corrected chi connectivity index (χ0v) is 7.50. The second-order valence-electron chi connectivity index (χ2n) is 3.06. The first kappa shape index (κ1) is 9.98. The number of hydrogen-bond acceptors (Lipinski definition) is 4. The maximum absolute atomic E-state index is 11.0. The molecule has 0 aromatic carbocycles. The Hall–Kier alpha value is -1.10. The van der Waals surface area contributed by atoms with Gasteiger partial charge in [0.1, 0.15) is 5.72 Å². The Morgan fingerprint density at radius 1 is 1.77 bits per heavy atom. The molecule has 1 atom stereocenters. The van der Waals surface area contributed by atoms with E-state index in [0.29, 0.717) is 0 Å². The van der Waals surface area contributed by atoms with E-state index < -0.39 is 11.7 Å². The molecular weight excluding hydrogens is 174 g/mol. The van der Waals surface area contributed by atoms with Crippen molar-refractivity contribution in [3.8, 4) is 0 Å². The molecule has 1 rings (SSSR count). The second kappa shape index (κ2) is 3.74. The molecule has 1 saturated heterocycles. The predicted octanol–water partition coefficient (Wildman–Crippen LogP) is -0.462. The minimum Gasteiger partial charge on any atom is -0.466 e. The first-order valence-corrected chi connectivity index (χ1v) is 4.25. The van der Waals surface area contributed by atoms with Crippen molar-refractivity contribution in [2.45, 2.75) is 31.9 Å². The van der Waals surface area contributed by atoms with E-state index in [0.717, 1.165) is 0 Å². The van der Waals surface area contributed by atoms with Crippen molar-refractivity contribution in [3.63, 3.8) is 0 Å². The van der Waals surface area contributed by atoms with Crippen LogP contribution in [0.5, 0.6) is 0 Å². The highest BCUT2D eigenvalue weighted by molar-refractivity contribution is 5.81. The zero-order chi connectivity index (χ0) is 9.90. The summed E-state index contributed by atoms with van der Waals surface area (Å²) in [4.78, 5) is 21.8. The van der Waals surface area contributed by atoms with Crippen molar-refractivity contribution in [1.82, 2.24) is 5.32 Å². The van der Waals surface area contributed by atoms with Crippen molar-refractivity contribution >= 4 is 11.9 Å². The Bertz CT molecular complexity index is 228. The summed E-state index contributed by atoms with van der Waals surface area (Å²) in [6, 6.07) is 0. The molecule has 1 aliphatic rings. The van der Waals surface area contributed by atoms with E-state index in [-0.39, 0.29) is 31.8 Å². The monoisotopic (exact) mass is 187 g/mol. The normalized spacial score (nSPS) is 27.1. The largest absolute Gasteiger partial charge is 0.466 e. The lowest BCUT2D eigenvalue weighted by Crippen LogP contribution is -2.43. The van der Waals surface area contributed by atoms with Gasteiger partial charge in [-0.05, 0) is 6.92 Å². The van der Waals surface area contributed by atoms with E-state index in [4.69, 9.17) is 0 Å². The number of amides is 1. The SMILES string of the molecule is CCOC(=O)CC1(O)CCC(=O)N1. The van der Waals surface area contributed by atoms with Gasteiger partial charge in [-0.2, -0.15) is 0 Å². The Labute approximate surface area is 76.1 Å². The lowest BCUT2D eigenvalue weighted by molar-refractivity contribution is -0.149. The number of aliphatic hydroxyl groups is 1. The number of carbonyl (C=O) groups excluding carboxylic acids is 2. The van der Waals surface area contributed by atoms with Gasteiger partial charge in [-0.1, -0.05) is 0 Å². The number of carbonyl (C=O) groups is 2. The maximum Gasteiger partial charge on any atom is 0.310 e. The molecule has 0 aromatic heterocycles. The van der Waals surface area contributed by atoms with Gasteiger partial charge in [0, 0.05) is 12.8 Å². The molecular formula is C8H13NO4. The third-order valence-electron chi connectivity index (χ3n) is 1.88. The smallest absolute Gasteiger partial charge is 0.310 e. The van der Waals surface area contributed by atoms with Crippen LogP contribution in [-0.2, 0) is 14.3 Å². The molecule has 13 heavy (non-hydrogen) atoms. The van der Waals surface area contributed by atoms with Gasteiger partial charge in [-0.3, -0.25) is 9.59 Å². The number of hydrogen-bond donors (Lipinski definition) is 2. The topological polar surface area (TPSA) is 75.6 Å². The molecule has 0 spiro atoms. The third kappa shape index (κ3) is 2.69. The lowest BCUT2D eigenvalue weighted by Gasteiger charge is -2.20. The van der Waals surface area contributed by atoms with Crippen molar-refractivity contribution in [1.29, 1.82) is 0 Å². The minimum absolute atomic E-state index is 0.174. The van der Waals surface area contributed by atoms with Crippen molar-refractivity contribution in [3.05, 3.63) is 0 Å². The van der Waals surface area contributed by atoms with Gasteiger partial charge >= 0.3 is 5.97 Å². The highest BCUT2D eigenvalue weighted by Crippen LogP contribution is 2.20. The molecule has 0 radical (unpaired) electrons. The quantitative estimate of drug-likeness (QED) is 0.586. The number of ether oxygens (including phenoxy) is 1. The van der Waals surface area contributed by atoms with Crippen LogP contribution >= 0.6 is 0 Å². The summed E-state index contributed by atoms with van der Waals surface area (Å²) in [6.45, 7) is 1.97. The summed E-state index contributed by atoms with van der Waals surface area (Å²) in [6.07, 6.45) is 0.354. The van der Waals surface area contributed by atoms with Crippen LogP contribution in [-0.4, -0.2) is 29.3 Å². The molecule has 1 aliphatic heterocycles. The number of esters is 1. The van der Waals surface area contributed by atoms with Crippen LogP contribution in [0.3, 0.4) is 0 Å². The average Bonchev–Trinajstić information content (AvgIpc) is 2.30. The van der Waals surface area contributed by atoms with Crippen LogP contribution in [0.4, 0.5) is 0 Å². The maximum atomic E-state index is 11.0. The molecule has 1 heterocycles. The fourth-order valence-electron chi connectivity index (χ4n) is 1.29. The van der Waals surface area contributed by atoms with Crippen molar-refractivity contribution in [2.24, 2.45) is 0 Å². The molecule has 2 N–H and O–H groups in total. The summed E-state index contributed by atoms with van der Waals surface area (Å²) in [5.41, 5.74) is -1.39. The van der Waals surface area contributed by atoms with Crippen LogP contribution in [0, 0.1) is 0 Å². The van der Waals surface area contributed by atoms with E-state index in [1.807, 2.05) is 0 Å². The van der Waals surface area contributed by atoms with Gasteiger partial charge in [0.05, 0.1) is 13.0 Å². The summed E-state index contributed by atoms with van der Waals surface area (Å²) in [5.74, 6) is -0.723. The van der Waals surface area contributed by atoms with Gasteiger partial charge in [0.2, 0.25) is 5.91 Å². The van der Waals surface area contributed by atoms with Crippen LogP contribution in [0.2, 0.25) is 0 Å². The van der Waals surface area contributed by atoms with E-state index in [2.05, 4.69) is 10.1 Å². The molecule has 0 bridgehead atoms. The van der Waals surface area contributed by atoms with E-state index in [1.165, 1.54) is 0 Å². The molecule has 5 nitrogen and oxygen atoms in total. The molecule has 74 valence electrons. The number of rotatable bonds is 3. The summed E-state index contributed by atoms with van der Waals surface area (Å²) in [7, 11) is 0. The Balaban J connectivity index is 2.43. The van der Waals surface area contributed by atoms with E-state index >= 15 is 0 Å². The predicted molar refractivity (Wildman–Crippen MR) is 43.6 cm³/mol. The Morgan fingerprint density at radius 3 is 2.92 bits per heavy atom. The minimum atomic E-state index is -1.39. The Kier molecular flexibility index (Phi) is 2.87. The zero-order valence-electron chi connectivity index (χ0n) is 7.50. The summed E-state index contributed by atoms with van der Waals surface area (Å²) in [5, 5.41) is 12.0. The lowest BCUT2D eigenvalue weighted by atomic mass is 10.1. The van der Waals surface area contributed by atoms with Crippen LogP contribution in [0.15, 0.2) is 0 Å². The summed E-state index contributed by atoms with van der Waals surface area (Å²) >= 11 is 0. The van der Waals surface area contributed by atoms with E-state index in [1.54, 1.807) is 6.92 Å². The van der Waals surface area contributed by atoms with Gasteiger partial charge in [0.25, 0.3) is 0 Å². The van der Waals surface area contributed by atoms with Crippen molar-refractivity contribution in [2.75, 3.05) is 6.61 Å². The van der Waals surface area contributed by atoms with Crippen LogP contribution in [0.25, 0.3) is 0 Å². The van der Waals surface area contributed by atoms with E-state index in [9.17, 15) is 14.7 Å². The van der Waals surface area contributed by atoms with Gasteiger partial charge in [-0.25, -0.2) is 0 Å². The standard InChI is InChI=1S/C8H13NO4/c1-2-13-7(11)5-8(12)4-3-6(10)9-8/h12H,2-5H2,1H3,(H,9,10). The molecule has 5 heteroatoms. The molecule has 0 aliphatic carbocycles. The molecule has 1 unspecified atom stereocenters. The first-order chi connectivity index (χ1) is 6.06. The number of nitrogens with one attached hydrogen (secondary N) is 1. The molecule has 1 fully saturated rings. The molecule has 1 amide bonds. The fourth-order valence-corrected chi connectivity index (χ4v) is 1.29. The highest BCUT2D eigenvalue weighted by Gasteiger charge is 2.37. The third-order valence-corrected chi connectivity index (χ3v) is 1.88. The van der Waals surface area contributed by atoms with Gasteiger partial charge < -0.3 is 15.2 Å². The average molecular weight is 187 g/mol. The van der Waals surface area contributed by atoms with Gasteiger partial charge in [0.15, 0.2) is 0 Å². The van der Waals surface area contributed by atoms with Crippen LogP contribution in [0.1, 0.15) is 26.2 Å². The highest BCUT2D eigenvalue weighted by atomic mass is 16.5. The molecule has 0 saturated carbocycles.